The van der Waals surface area contributed by atoms with Gasteiger partial charge in [0.15, 0.2) is 5.75 Å². The van der Waals surface area contributed by atoms with Crippen molar-refractivity contribution in [2.75, 3.05) is 11.9 Å². The normalized spacial score (nSPS) is 11.9. The quantitative estimate of drug-likeness (QED) is 0.390. The minimum absolute atomic E-state index is 0.129. The van der Waals surface area contributed by atoms with Crippen LogP contribution in [0.1, 0.15) is 69.4 Å². The van der Waals surface area contributed by atoms with E-state index in [-0.39, 0.29) is 12.0 Å². The second-order valence-electron chi connectivity index (χ2n) is 7.71. The first-order valence-electron chi connectivity index (χ1n) is 10.4. The van der Waals surface area contributed by atoms with Gasteiger partial charge in [-0.15, -0.1) is 0 Å². The average molecular weight is 400 g/mol. The molecule has 0 spiro atoms. The van der Waals surface area contributed by atoms with Crippen molar-refractivity contribution in [1.29, 1.82) is 0 Å². The molecular formula is C23H33N3O3. The van der Waals surface area contributed by atoms with Gasteiger partial charge in [-0.3, -0.25) is 0 Å². The molecule has 0 aliphatic rings. The van der Waals surface area contributed by atoms with E-state index in [1.165, 1.54) is 18.4 Å². The molecule has 1 heterocycles. The SMILES string of the molecule is CCCCCC(Nc1nc(C)c(OC(=O)OCC(C)C)c(C)n1)c1ccccc1. The zero-order valence-electron chi connectivity index (χ0n) is 18.2. The summed E-state index contributed by atoms with van der Waals surface area (Å²) < 4.78 is 10.4. The summed E-state index contributed by atoms with van der Waals surface area (Å²) in [5, 5.41) is 3.46. The molecule has 0 fully saturated rings. The molecule has 0 bridgehead atoms. The molecule has 6 heteroatoms. The second-order valence-corrected chi connectivity index (χ2v) is 7.71. The molecule has 0 saturated heterocycles. The van der Waals surface area contributed by atoms with E-state index in [0.717, 1.165) is 12.8 Å². The Morgan fingerprint density at radius 3 is 2.31 bits per heavy atom. The standard InChI is InChI=1S/C23H33N3O3/c1-6-7-9-14-20(19-12-10-8-11-13-19)26-22-24-17(4)21(18(5)25-22)29-23(27)28-15-16(2)3/h8,10-13,16,20H,6-7,9,14-15H2,1-5H3,(H,24,25,26). The third kappa shape index (κ3) is 7.37. The molecular weight excluding hydrogens is 366 g/mol. The number of ether oxygens (including phenoxy) is 2. The lowest BCUT2D eigenvalue weighted by molar-refractivity contribution is 0.0878. The van der Waals surface area contributed by atoms with Crippen molar-refractivity contribution < 1.29 is 14.3 Å². The molecule has 6 nitrogen and oxygen atoms in total. The Labute approximate surface area is 174 Å². The number of nitrogens with one attached hydrogen (secondary N) is 1. The van der Waals surface area contributed by atoms with Crippen LogP contribution in [-0.2, 0) is 4.74 Å². The summed E-state index contributed by atoms with van der Waals surface area (Å²) in [4.78, 5) is 20.9. The van der Waals surface area contributed by atoms with Crippen molar-refractivity contribution in [2.24, 2.45) is 5.92 Å². The van der Waals surface area contributed by atoms with Gasteiger partial charge in [0, 0.05) is 0 Å². The average Bonchev–Trinajstić information content (AvgIpc) is 2.69. The molecule has 158 valence electrons. The molecule has 0 aliphatic heterocycles. The van der Waals surface area contributed by atoms with E-state index in [0.29, 0.717) is 29.7 Å². The van der Waals surface area contributed by atoms with Gasteiger partial charge in [0.2, 0.25) is 5.95 Å². The fraction of sp³-hybridized carbons (Fsp3) is 0.522. The highest BCUT2D eigenvalue weighted by molar-refractivity contribution is 5.64. The third-order valence-electron chi connectivity index (χ3n) is 4.53. The highest BCUT2D eigenvalue weighted by atomic mass is 16.7. The summed E-state index contributed by atoms with van der Waals surface area (Å²) in [6.45, 7) is 10.1. The van der Waals surface area contributed by atoms with Crippen molar-refractivity contribution in [3.63, 3.8) is 0 Å². The van der Waals surface area contributed by atoms with E-state index in [1.54, 1.807) is 13.8 Å². The lowest BCUT2D eigenvalue weighted by atomic mass is 10.0. The van der Waals surface area contributed by atoms with Crippen LogP contribution in [0.4, 0.5) is 10.7 Å². The maximum atomic E-state index is 11.9. The van der Waals surface area contributed by atoms with Crippen LogP contribution in [0, 0.1) is 19.8 Å². The first-order chi connectivity index (χ1) is 13.9. The second kappa shape index (κ2) is 11.4. The molecule has 0 radical (unpaired) electrons. The van der Waals surface area contributed by atoms with Gasteiger partial charge in [-0.05, 0) is 31.7 Å². The summed E-state index contributed by atoms with van der Waals surface area (Å²) >= 11 is 0. The van der Waals surface area contributed by atoms with Crippen LogP contribution in [0.5, 0.6) is 5.75 Å². The van der Waals surface area contributed by atoms with Gasteiger partial charge in [-0.25, -0.2) is 14.8 Å². The predicted molar refractivity (Wildman–Crippen MR) is 115 cm³/mol. The van der Waals surface area contributed by atoms with E-state index in [9.17, 15) is 4.79 Å². The number of aryl methyl sites for hydroxylation is 2. The number of hydrogen-bond acceptors (Lipinski definition) is 6. The first kappa shape index (κ1) is 22.7. The van der Waals surface area contributed by atoms with Gasteiger partial charge >= 0.3 is 6.16 Å². The highest BCUT2D eigenvalue weighted by Gasteiger charge is 2.18. The Bertz CT molecular complexity index is 755. The molecule has 0 aliphatic carbocycles. The fourth-order valence-electron chi connectivity index (χ4n) is 3.03. The predicted octanol–water partition coefficient (Wildman–Crippen LogP) is 6.00. The minimum atomic E-state index is -0.726. The van der Waals surface area contributed by atoms with Gasteiger partial charge in [-0.2, -0.15) is 0 Å². The monoisotopic (exact) mass is 399 g/mol. The number of aromatic nitrogens is 2. The zero-order valence-corrected chi connectivity index (χ0v) is 18.2. The van der Waals surface area contributed by atoms with Gasteiger partial charge in [-0.1, -0.05) is 70.4 Å². The van der Waals surface area contributed by atoms with Crippen molar-refractivity contribution in [3.8, 4) is 5.75 Å². The Morgan fingerprint density at radius 1 is 1.07 bits per heavy atom. The molecule has 2 rings (SSSR count). The van der Waals surface area contributed by atoms with Crippen LogP contribution in [0.2, 0.25) is 0 Å². The Morgan fingerprint density at radius 2 is 1.72 bits per heavy atom. The van der Waals surface area contributed by atoms with Crippen LogP contribution in [0.25, 0.3) is 0 Å². The van der Waals surface area contributed by atoms with Crippen LogP contribution in [0.3, 0.4) is 0 Å². The van der Waals surface area contributed by atoms with Gasteiger partial charge in [0.1, 0.15) is 0 Å². The Kier molecular flexibility index (Phi) is 8.90. The molecule has 0 amide bonds. The summed E-state index contributed by atoms with van der Waals surface area (Å²) in [5.74, 6) is 1.13. The molecule has 1 aromatic heterocycles. The zero-order chi connectivity index (χ0) is 21.2. The van der Waals surface area contributed by atoms with Crippen LogP contribution >= 0.6 is 0 Å². The lowest BCUT2D eigenvalue weighted by Crippen LogP contribution is -2.17. The van der Waals surface area contributed by atoms with E-state index < -0.39 is 6.16 Å². The highest BCUT2D eigenvalue weighted by Crippen LogP contribution is 2.27. The largest absolute Gasteiger partial charge is 0.513 e. The van der Waals surface area contributed by atoms with Gasteiger partial charge in [0.25, 0.3) is 0 Å². The van der Waals surface area contributed by atoms with E-state index >= 15 is 0 Å². The van der Waals surface area contributed by atoms with E-state index in [2.05, 4.69) is 34.3 Å². The summed E-state index contributed by atoms with van der Waals surface area (Å²) in [6, 6.07) is 10.5. The van der Waals surface area contributed by atoms with E-state index in [1.807, 2.05) is 32.0 Å². The molecule has 1 N–H and O–H groups in total. The topological polar surface area (TPSA) is 73.3 Å². The lowest BCUT2D eigenvalue weighted by Gasteiger charge is -2.20. The van der Waals surface area contributed by atoms with Crippen molar-refractivity contribution >= 4 is 12.1 Å². The summed E-state index contributed by atoms with van der Waals surface area (Å²) in [6.07, 6.45) is 3.77. The van der Waals surface area contributed by atoms with Crippen molar-refractivity contribution in [1.82, 2.24) is 9.97 Å². The number of carbonyl (C=O) groups excluding carboxylic acids is 1. The molecule has 29 heavy (non-hydrogen) atoms. The minimum Gasteiger partial charge on any atom is -0.434 e. The van der Waals surface area contributed by atoms with Crippen molar-refractivity contribution in [3.05, 3.63) is 47.3 Å². The maximum absolute atomic E-state index is 11.9. The van der Waals surface area contributed by atoms with Crippen LogP contribution < -0.4 is 10.1 Å². The number of nitrogens with zero attached hydrogens (tertiary/aromatic N) is 2. The molecule has 0 saturated carbocycles. The Hall–Kier alpha value is -2.63. The number of hydrogen-bond donors (Lipinski definition) is 1. The molecule has 1 aromatic carbocycles. The molecule has 1 unspecified atom stereocenters. The smallest absolute Gasteiger partial charge is 0.434 e. The number of rotatable bonds is 10. The molecule has 1 atom stereocenters. The number of carbonyl (C=O) groups is 1. The van der Waals surface area contributed by atoms with Gasteiger partial charge in [0.05, 0.1) is 24.0 Å². The third-order valence-corrected chi connectivity index (χ3v) is 4.53. The summed E-state index contributed by atoms with van der Waals surface area (Å²) in [7, 11) is 0. The number of unbranched alkanes of at least 4 members (excludes halogenated alkanes) is 2. The van der Waals surface area contributed by atoms with E-state index in [4.69, 9.17) is 9.47 Å². The van der Waals surface area contributed by atoms with Gasteiger partial charge < -0.3 is 14.8 Å². The number of anilines is 1. The summed E-state index contributed by atoms with van der Waals surface area (Å²) in [5.41, 5.74) is 2.41. The maximum Gasteiger partial charge on any atom is 0.513 e. The van der Waals surface area contributed by atoms with Crippen molar-refractivity contribution in [2.45, 2.75) is 66.3 Å². The fourth-order valence-corrected chi connectivity index (χ4v) is 3.03. The Balaban J connectivity index is 2.13. The number of benzene rings is 1. The van der Waals surface area contributed by atoms with Crippen LogP contribution in [-0.4, -0.2) is 22.7 Å². The first-order valence-corrected chi connectivity index (χ1v) is 10.4. The van der Waals surface area contributed by atoms with Crippen LogP contribution in [0.15, 0.2) is 30.3 Å². The molecule has 2 aromatic rings.